The molecule has 8 nitrogen and oxygen atoms in total. The van der Waals surface area contributed by atoms with Gasteiger partial charge in [0.2, 0.25) is 0 Å². The van der Waals surface area contributed by atoms with Gasteiger partial charge in [0.1, 0.15) is 0 Å². The number of nitrogens with zero attached hydrogens (tertiary/aromatic N) is 2. The molecule has 88 valence electrons. The van der Waals surface area contributed by atoms with Gasteiger partial charge in [-0.15, -0.1) is 0 Å². The molecule has 0 aromatic heterocycles. The quantitative estimate of drug-likeness (QED) is 0.482. The zero-order chi connectivity index (χ0) is 13.0. The second-order valence-corrected chi connectivity index (χ2v) is 2.97. The van der Waals surface area contributed by atoms with E-state index in [0.717, 1.165) is 30.4 Å². The number of carboxylic acid groups (broad SMARTS) is 1. The number of hydrogen-bond acceptors (Lipinski definition) is 5. The minimum atomic E-state index is -1.25. The Labute approximate surface area is 94.1 Å². The van der Waals surface area contributed by atoms with Gasteiger partial charge in [-0.05, 0) is 11.6 Å². The van der Waals surface area contributed by atoms with Crippen LogP contribution in [0.25, 0.3) is 6.08 Å². The van der Waals surface area contributed by atoms with E-state index in [1.807, 2.05) is 0 Å². The van der Waals surface area contributed by atoms with Crippen LogP contribution >= 0.6 is 0 Å². The topological polar surface area (TPSA) is 124 Å². The van der Waals surface area contributed by atoms with Crippen LogP contribution in [-0.4, -0.2) is 20.9 Å². The minimum Gasteiger partial charge on any atom is -0.478 e. The molecule has 0 radical (unpaired) electrons. The predicted octanol–water partition coefficient (Wildman–Crippen LogP) is 1.60. The number of carbonyl (C=O) groups is 1. The average Bonchev–Trinajstić information content (AvgIpc) is 2.25. The van der Waals surface area contributed by atoms with Gasteiger partial charge in [-0.3, -0.25) is 20.2 Å². The third-order valence-corrected chi connectivity index (χ3v) is 1.76. The summed E-state index contributed by atoms with van der Waals surface area (Å²) >= 11 is 0. The maximum Gasteiger partial charge on any atom is 0.328 e. The zero-order valence-electron chi connectivity index (χ0n) is 8.27. The number of nitro benzene ring substituents is 2. The molecule has 0 atom stereocenters. The summed E-state index contributed by atoms with van der Waals surface area (Å²) in [5.74, 6) is -1.25. The van der Waals surface area contributed by atoms with Gasteiger partial charge in [0.25, 0.3) is 11.4 Å². The van der Waals surface area contributed by atoms with Crippen molar-refractivity contribution in [2.75, 3.05) is 0 Å². The number of benzene rings is 1. The van der Waals surface area contributed by atoms with Crippen LogP contribution in [0.2, 0.25) is 0 Å². The Balaban J connectivity index is 3.26. The fourth-order valence-corrected chi connectivity index (χ4v) is 1.09. The summed E-state index contributed by atoms with van der Waals surface area (Å²) in [7, 11) is 0. The summed E-state index contributed by atoms with van der Waals surface area (Å²) in [6.07, 6.45) is 1.78. The van der Waals surface area contributed by atoms with E-state index in [0.29, 0.717) is 0 Å². The lowest BCUT2D eigenvalue weighted by Gasteiger charge is -1.96. The second kappa shape index (κ2) is 4.84. The number of carboxylic acids is 1. The lowest BCUT2D eigenvalue weighted by Crippen LogP contribution is -1.94. The van der Waals surface area contributed by atoms with Crippen molar-refractivity contribution >= 4 is 23.4 Å². The molecule has 0 aliphatic carbocycles. The van der Waals surface area contributed by atoms with Crippen molar-refractivity contribution in [1.82, 2.24) is 0 Å². The van der Waals surface area contributed by atoms with E-state index in [9.17, 15) is 25.0 Å². The van der Waals surface area contributed by atoms with Gasteiger partial charge in [-0.25, -0.2) is 4.79 Å². The predicted molar refractivity (Wildman–Crippen MR) is 56.4 cm³/mol. The molecule has 1 aromatic rings. The van der Waals surface area contributed by atoms with Crippen LogP contribution in [0.5, 0.6) is 0 Å². The molecule has 0 fully saturated rings. The zero-order valence-corrected chi connectivity index (χ0v) is 8.27. The molecule has 0 saturated carbocycles. The first-order chi connectivity index (χ1) is 7.90. The molecule has 0 aliphatic heterocycles. The Morgan fingerprint density at radius 1 is 1.12 bits per heavy atom. The van der Waals surface area contributed by atoms with Crippen molar-refractivity contribution < 1.29 is 19.7 Å². The van der Waals surface area contributed by atoms with Gasteiger partial charge in [-0.1, -0.05) is 0 Å². The number of hydrogen-bond donors (Lipinski definition) is 1. The van der Waals surface area contributed by atoms with E-state index in [1.54, 1.807) is 0 Å². The van der Waals surface area contributed by atoms with Gasteiger partial charge in [0.05, 0.1) is 15.9 Å². The van der Waals surface area contributed by atoms with Gasteiger partial charge < -0.3 is 5.11 Å². The molecule has 0 bridgehead atoms. The minimum absolute atomic E-state index is 0.0771. The highest BCUT2D eigenvalue weighted by molar-refractivity contribution is 5.85. The number of rotatable bonds is 4. The average molecular weight is 238 g/mol. The third-order valence-electron chi connectivity index (χ3n) is 1.76. The van der Waals surface area contributed by atoms with Crippen LogP contribution in [0.15, 0.2) is 24.3 Å². The number of aliphatic carboxylic acids is 1. The monoisotopic (exact) mass is 238 g/mol. The maximum absolute atomic E-state index is 10.5. The van der Waals surface area contributed by atoms with Gasteiger partial charge >= 0.3 is 5.97 Å². The Morgan fingerprint density at radius 3 is 1.94 bits per heavy atom. The van der Waals surface area contributed by atoms with Gasteiger partial charge in [-0.2, -0.15) is 0 Å². The molecule has 8 heteroatoms. The van der Waals surface area contributed by atoms with Crippen molar-refractivity contribution in [2.45, 2.75) is 0 Å². The lowest BCUT2D eigenvalue weighted by molar-refractivity contribution is -0.394. The summed E-state index contributed by atoms with van der Waals surface area (Å²) in [5.41, 5.74) is -0.859. The van der Waals surface area contributed by atoms with E-state index >= 15 is 0 Å². The van der Waals surface area contributed by atoms with Crippen LogP contribution in [0, 0.1) is 20.2 Å². The first kappa shape index (κ1) is 12.3. The van der Waals surface area contributed by atoms with E-state index in [4.69, 9.17) is 5.11 Å². The van der Waals surface area contributed by atoms with Crippen LogP contribution in [0.4, 0.5) is 11.4 Å². The van der Waals surface area contributed by atoms with Crippen LogP contribution in [0.3, 0.4) is 0 Å². The number of non-ortho nitro benzene ring substituents is 2. The van der Waals surface area contributed by atoms with Crippen molar-refractivity contribution in [1.29, 1.82) is 0 Å². The van der Waals surface area contributed by atoms with Gasteiger partial charge in [0.15, 0.2) is 0 Å². The standard InChI is InChI=1S/C9H6N2O6/c12-9(13)2-1-6-3-7(10(14)15)5-8(4-6)11(16)17/h1-5H,(H,12,13). The molecule has 0 aliphatic rings. The summed E-state index contributed by atoms with van der Waals surface area (Å²) in [6, 6.07) is 2.90. The summed E-state index contributed by atoms with van der Waals surface area (Å²) in [4.78, 5) is 29.7. The first-order valence-electron chi connectivity index (χ1n) is 4.25. The third kappa shape index (κ3) is 3.38. The molecule has 1 aromatic carbocycles. The largest absolute Gasteiger partial charge is 0.478 e. The molecular formula is C9H6N2O6. The molecule has 0 amide bonds. The highest BCUT2D eigenvalue weighted by Gasteiger charge is 2.15. The Hall–Kier alpha value is -2.77. The second-order valence-electron chi connectivity index (χ2n) is 2.97. The SMILES string of the molecule is O=C(O)C=Cc1cc([N+](=O)[O-])cc([N+](=O)[O-])c1. The highest BCUT2D eigenvalue weighted by atomic mass is 16.6. The fourth-order valence-electron chi connectivity index (χ4n) is 1.09. The molecule has 0 spiro atoms. The van der Waals surface area contributed by atoms with E-state index in [2.05, 4.69) is 0 Å². The molecule has 0 unspecified atom stereocenters. The van der Waals surface area contributed by atoms with Crippen molar-refractivity contribution in [3.8, 4) is 0 Å². The summed E-state index contributed by atoms with van der Waals surface area (Å²) < 4.78 is 0. The molecule has 1 rings (SSSR count). The fraction of sp³-hybridized carbons (Fsp3) is 0. The molecule has 0 saturated heterocycles. The highest BCUT2D eigenvalue weighted by Crippen LogP contribution is 2.23. The van der Waals surface area contributed by atoms with Crippen molar-refractivity contribution in [3.05, 3.63) is 50.1 Å². The summed E-state index contributed by atoms with van der Waals surface area (Å²) in [5, 5.41) is 29.4. The van der Waals surface area contributed by atoms with E-state index in [-0.39, 0.29) is 5.56 Å². The van der Waals surface area contributed by atoms with Crippen LogP contribution in [-0.2, 0) is 4.79 Å². The van der Waals surface area contributed by atoms with Crippen molar-refractivity contribution in [3.63, 3.8) is 0 Å². The van der Waals surface area contributed by atoms with Crippen LogP contribution in [0.1, 0.15) is 5.56 Å². The normalized spacial score (nSPS) is 10.4. The smallest absolute Gasteiger partial charge is 0.328 e. The molecular weight excluding hydrogens is 232 g/mol. The number of nitro groups is 2. The molecule has 0 heterocycles. The summed E-state index contributed by atoms with van der Waals surface area (Å²) in [6.45, 7) is 0. The van der Waals surface area contributed by atoms with E-state index in [1.165, 1.54) is 0 Å². The Kier molecular flexibility index (Phi) is 3.50. The van der Waals surface area contributed by atoms with Crippen LogP contribution < -0.4 is 0 Å². The first-order valence-corrected chi connectivity index (χ1v) is 4.25. The maximum atomic E-state index is 10.5. The van der Waals surface area contributed by atoms with Gasteiger partial charge in [0, 0.05) is 18.2 Å². The lowest BCUT2D eigenvalue weighted by atomic mass is 10.1. The molecule has 1 N–H and O–H groups in total. The Morgan fingerprint density at radius 2 is 1.59 bits per heavy atom. The van der Waals surface area contributed by atoms with E-state index < -0.39 is 27.2 Å². The van der Waals surface area contributed by atoms with Crippen molar-refractivity contribution in [2.24, 2.45) is 0 Å². The molecule has 17 heavy (non-hydrogen) atoms. The Bertz CT molecular complexity index is 490.